The first kappa shape index (κ1) is 13.7. The predicted molar refractivity (Wildman–Crippen MR) is 43.3 cm³/mol. The topological polar surface area (TPSA) is 43.6 Å². The SMILES string of the molecule is FC(F)(F)C(F)(F)n1nnc(C(Cl)(Cl)Cl)n1. The Labute approximate surface area is 99.2 Å². The van der Waals surface area contributed by atoms with Crippen LogP contribution in [0.25, 0.3) is 0 Å². The number of rotatable bonds is 1. The fourth-order valence-electron chi connectivity index (χ4n) is 0.560. The van der Waals surface area contributed by atoms with E-state index >= 15 is 0 Å². The van der Waals surface area contributed by atoms with E-state index in [2.05, 4.69) is 15.4 Å². The van der Waals surface area contributed by atoms with Crippen molar-refractivity contribution in [2.75, 3.05) is 0 Å². The summed E-state index contributed by atoms with van der Waals surface area (Å²) >= 11 is 15.5. The van der Waals surface area contributed by atoms with Gasteiger partial charge in [-0.1, -0.05) is 39.6 Å². The average Bonchev–Trinajstić information content (AvgIpc) is 2.47. The number of hydrogen-bond acceptors (Lipinski definition) is 3. The molecule has 4 nitrogen and oxygen atoms in total. The van der Waals surface area contributed by atoms with Crippen LogP contribution >= 0.6 is 34.8 Å². The highest BCUT2D eigenvalue weighted by Gasteiger charge is 2.62. The third kappa shape index (κ3) is 2.46. The minimum Gasteiger partial charge on any atom is -0.169 e. The van der Waals surface area contributed by atoms with E-state index in [9.17, 15) is 22.0 Å². The number of alkyl halides is 8. The minimum atomic E-state index is -5.88. The first-order valence-corrected chi connectivity index (χ1v) is 4.42. The van der Waals surface area contributed by atoms with Crippen LogP contribution in [0, 0.1) is 0 Å². The van der Waals surface area contributed by atoms with Crippen LogP contribution in [-0.2, 0) is 9.84 Å². The molecule has 0 aliphatic carbocycles. The molecular formula is C4Cl3F5N4. The molecule has 0 spiro atoms. The molecule has 1 aromatic heterocycles. The molecule has 1 aromatic rings. The minimum absolute atomic E-state index is 0.888. The van der Waals surface area contributed by atoms with Crippen LogP contribution < -0.4 is 0 Å². The Morgan fingerprint density at radius 1 is 1.00 bits per heavy atom. The van der Waals surface area contributed by atoms with Crippen molar-refractivity contribution in [3.05, 3.63) is 5.82 Å². The van der Waals surface area contributed by atoms with Gasteiger partial charge in [-0.05, 0) is 5.21 Å². The van der Waals surface area contributed by atoms with Crippen LogP contribution in [0.15, 0.2) is 0 Å². The molecule has 12 heteroatoms. The molecule has 1 rings (SSSR count). The maximum Gasteiger partial charge on any atom is 0.479 e. The van der Waals surface area contributed by atoms with Gasteiger partial charge in [0.05, 0.1) is 0 Å². The maximum absolute atomic E-state index is 12.6. The number of tetrazole rings is 1. The monoisotopic (exact) mass is 304 g/mol. The van der Waals surface area contributed by atoms with Gasteiger partial charge in [0.1, 0.15) is 0 Å². The van der Waals surface area contributed by atoms with Gasteiger partial charge in [-0.3, -0.25) is 0 Å². The zero-order valence-electron chi connectivity index (χ0n) is 6.81. The molecule has 0 unspecified atom stereocenters. The highest BCUT2D eigenvalue weighted by Crippen LogP contribution is 2.40. The van der Waals surface area contributed by atoms with Gasteiger partial charge in [0.2, 0.25) is 5.82 Å². The highest BCUT2D eigenvalue weighted by molar-refractivity contribution is 6.66. The average molecular weight is 305 g/mol. The Morgan fingerprint density at radius 3 is 1.81 bits per heavy atom. The summed E-state index contributed by atoms with van der Waals surface area (Å²) in [5.74, 6) is -0.888. The lowest BCUT2D eigenvalue weighted by Crippen LogP contribution is -2.41. The van der Waals surface area contributed by atoms with Crippen LogP contribution in [-0.4, -0.2) is 26.4 Å². The Bertz CT molecular complexity index is 382. The molecule has 0 amide bonds. The standard InChI is InChI=1S/C4Cl3F5N4/c5-2(6,7)1-13-15-16(14-1)4(11,12)3(8,9)10. The van der Waals surface area contributed by atoms with E-state index in [1.807, 2.05) is 0 Å². The molecule has 0 aliphatic rings. The summed E-state index contributed by atoms with van der Waals surface area (Å²) in [5, 5.41) is 7.89. The Hall–Kier alpha value is -0.410. The van der Waals surface area contributed by atoms with Gasteiger partial charge in [0.15, 0.2) is 0 Å². The van der Waals surface area contributed by atoms with Crippen molar-refractivity contribution in [1.29, 1.82) is 0 Å². The van der Waals surface area contributed by atoms with Gasteiger partial charge in [-0.2, -0.15) is 22.0 Å². The third-order valence-electron chi connectivity index (χ3n) is 1.26. The molecule has 92 valence electrons. The molecule has 0 fully saturated rings. The lowest BCUT2D eigenvalue weighted by Gasteiger charge is -2.16. The summed E-state index contributed by atoms with van der Waals surface area (Å²) in [7, 11) is 0. The fraction of sp³-hybridized carbons (Fsp3) is 0.750. The van der Waals surface area contributed by atoms with Crippen molar-refractivity contribution in [3.8, 4) is 0 Å². The summed E-state index contributed by atoms with van der Waals surface area (Å²) in [4.78, 5) is -0.968. The first-order valence-electron chi connectivity index (χ1n) is 3.28. The lowest BCUT2D eigenvalue weighted by atomic mass is 10.5. The molecule has 0 radical (unpaired) electrons. The van der Waals surface area contributed by atoms with Crippen LogP contribution in [0.1, 0.15) is 5.82 Å². The molecule has 0 saturated carbocycles. The molecule has 0 atom stereocenters. The van der Waals surface area contributed by atoms with E-state index in [-0.39, 0.29) is 0 Å². The van der Waals surface area contributed by atoms with Crippen LogP contribution in [0.5, 0.6) is 0 Å². The zero-order chi connectivity index (χ0) is 12.8. The second kappa shape index (κ2) is 3.81. The molecular weight excluding hydrogens is 305 g/mol. The first-order chi connectivity index (χ1) is 6.96. The number of hydrogen-bond donors (Lipinski definition) is 0. The molecule has 16 heavy (non-hydrogen) atoms. The Kier molecular flexibility index (Phi) is 3.25. The van der Waals surface area contributed by atoms with Crippen molar-refractivity contribution in [3.63, 3.8) is 0 Å². The van der Waals surface area contributed by atoms with Gasteiger partial charge in [0, 0.05) is 0 Å². The van der Waals surface area contributed by atoms with Crippen LogP contribution in [0.3, 0.4) is 0 Å². The number of halogens is 8. The summed E-state index contributed by atoms with van der Waals surface area (Å²) in [6.07, 6.45) is -5.88. The molecule has 1 heterocycles. The fourth-order valence-corrected chi connectivity index (χ4v) is 0.787. The predicted octanol–water partition coefficient (Wildman–Crippen LogP) is 2.61. The number of nitrogens with zero attached hydrogens (tertiary/aromatic N) is 4. The van der Waals surface area contributed by atoms with E-state index in [1.54, 1.807) is 0 Å². The van der Waals surface area contributed by atoms with Crippen molar-refractivity contribution in [2.45, 2.75) is 16.0 Å². The van der Waals surface area contributed by atoms with Gasteiger partial charge >= 0.3 is 12.2 Å². The van der Waals surface area contributed by atoms with Crippen molar-refractivity contribution >= 4 is 34.8 Å². The molecule has 0 N–H and O–H groups in total. The van der Waals surface area contributed by atoms with E-state index < -0.39 is 26.6 Å². The quantitative estimate of drug-likeness (QED) is 0.592. The van der Waals surface area contributed by atoms with Crippen molar-refractivity contribution in [1.82, 2.24) is 20.2 Å². The van der Waals surface area contributed by atoms with Gasteiger partial charge in [-0.15, -0.1) is 10.2 Å². The normalized spacial score (nSPS) is 14.2. The second-order valence-corrected chi connectivity index (χ2v) is 4.72. The molecule has 0 saturated heterocycles. The molecule has 0 bridgehead atoms. The lowest BCUT2D eigenvalue weighted by molar-refractivity contribution is -0.333. The van der Waals surface area contributed by atoms with E-state index in [0.717, 1.165) is 0 Å². The van der Waals surface area contributed by atoms with E-state index in [4.69, 9.17) is 34.8 Å². The van der Waals surface area contributed by atoms with Gasteiger partial charge in [0.25, 0.3) is 3.79 Å². The van der Waals surface area contributed by atoms with Crippen molar-refractivity contribution < 1.29 is 22.0 Å². The third-order valence-corrected chi connectivity index (χ3v) is 1.77. The Balaban J connectivity index is 3.13. The molecule has 0 aliphatic heterocycles. The van der Waals surface area contributed by atoms with Crippen molar-refractivity contribution in [2.24, 2.45) is 0 Å². The molecule has 0 aromatic carbocycles. The van der Waals surface area contributed by atoms with Crippen LogP contribution in [0.2, 0.25) is 0 Å². The summed E-state index contributed by atoms with van der Waals surface area (Å²) in [6.45, 7) is 0. The van der Waals surface area contributed by atoms with Gasteiger partial charge < -0.3 is 0 Å². The van der Waals surface area contributed by atoms with Crippen LogP contribution in [0.4, 0.5) is 22.0 Å². The maximum atomic E-state index is 12.6. The largest absolute Gasteiger partial charge is 0.479 e. The summed E-state index contributed by atoms with van der Waals surface area (Å²) < 4.78 is 58.4. The van der Waals surface area contributed by atoms with Gasteiger partial charge in [-0.25, -0.2) is 0 Å². The zero-order valence-corrected chi connectivity index (χ0v) is 9.08. The number of aromatic nitrogens is 4. The highest BCUT2D eigenvalue weighted by atomic mass is 35.6. The summed E-state index contributed by atoms with van der Waals surface area (Å²) in [5.41, 5.74) is 0. The Morgan fingerprint density at radius 2 is 1.50 bits per heavy atom. The van der Waals surface area contributed by atoms with E-state index in [0.29, 0.717) is 0 Å². The smallest absolute Gasteiger partial charge is 0.169 e. The van der Waals surface area contributed by atoms with E-state index in [1.165, 1.54) is 0 Å². The summed E-state index contributed by atoms with van der Waals surface area (Å²) in [6, 6.07) is -5.33. The second-order valence-electron chi connectivity index (χ2n) is 2.44.